The number of guanidine groups is 1. The van der Waals surface area contributed by atoms with Crippen molar-refractivity contribution in [1.29, 1.82) is 0 Å². The molecule has 1 atom stereocenters. The molecule has 1 aromatic rings. The fourth-order valence-electron chi connectivity index (χ4n) is 2.94. The average molecular weight is 338 g/mol. The standard InChI is InChI=1S/C17H31N5S/c1-14(2)16(22-8-6-21(4)7-9-22)12-20-17(18-3)19-11-15-5-10-23-13-15/h5,10,13-14,16H,6-9,11-12H2,1-4H3,(H2,18,19,20). The van der Waals surface area contributed by atoms with E-state index in [4.69, 9.17) is 0 Å². The third kappa shape index (κ3) is 5.79. The minimum Gasteiger partial charge on any atom is -0.355 e. The van der Waals surface area contributed by atoms with Crippen LogP contribution in [-0.2, 0) is 6.54 Å². The highest BCUT2D eigenvalue weighted by Gasteiger charge is 2.24. The van der Waals surface area contributed by atoms with Gasteiger partial charge < -0.3 is 15.5 Å². The molecule has 2 N–H and O–H groups in total. The van der Waals surface area contributed by atoms with Gasteiger partial charge in [-0.05, 0) is 35.4 Å². The van der Waals surface area contributed by atoms with E-state index in [1.54, 1.807) is 11.3 Å². The fourth-order valence-corrected chi connectivity index (χ4v) is 3.61. The van der Waals surface area contributed by atoms with Crippen LogP contribution in [0.2, 0.25) is 0 Å². The molecule has 1 aliphatic rings. The van der Waals surface area contributed by atoms with Crippen LogP contribution >= 0.6 is 11.3 Å². The van der Waals surface area contributed by atoms with Gasteiger partial charge in [0.15, 0.2) is 5.96 Å². The quantitative estimate of drug-likeness (QED) is 0.612. The Bertz CT molecular complexity index is 463. The summed E-state index contributed by atoms with van der Waals surface area (Å²) in [4.78, 5) is 9.37. The van der Waals surface area contributed by atoms with E-state index in [0.717, 1.165) is 45.2 Å². The molecule has 130 valence electrons. The first kappa shape index (κ1) is 18.2. The summed E-state index contributed by atoms with van der Waals surface area (Å²) in [5.41, 5.74) is 1.30. The van der Waals surface area contributed by atoms with Gasteiger partial charge in [0.1, 0.15) is 0 Å². The molecular formula is C17H31N5S. The summed E-state index contributed by atoms with van der Waals surface area (Å²) in [5.74, 6) is 1.51. The van der Waals surface area contributed by atoms with Gasteiger partial charge in [-0.3, -0.25) is 9.89 Å². The average Bonchev–Trinajstić information content (AvgIpc) is 3.05. The predicted molar refractivity (Wildman–Crippen MR) is 100 cm³/mol. The lowest BCUT2D eigenvalue weighted by Gasteiger charge is -2.40. The molecule has 0 amide bonds. The number of piperazine rings is 1. The van der Waals surface area contributed by atoms with Crippen LogP contribution in [0.3, 0.4) is 0 Å². The van der Waals surface area contributed by atoms with E-state index < -0.39 is 0 Å². The number of rotatable bonds is 6. The van der Waals surface area contributed by atoms with Crippen molar-refractivity contribution in [2.24, 2.45) is 10.9 Å². The Labute approximate surface area is 144 Å². The molecule has 6 heteroatoms. The largest absolute Gasteiger partial charge is 0.355 e. The highest BCUT2D eigenvalue weighted by molar-refractivity contribution is 7.07. The van der Waals surface area contributed by atoms with E-state index in [0.29, 0.717) is 12.0 Å². The number of nitrogens with zero attached hydrogens (tertiary/aromatic N) is 3. The van der Waals surface area contributed by atoms with Crippen LogP contribution in [0.15, 0.2) is 21.8 Å². The normalized spacial score (nSPS) is 19.1. The zero-order valence-corrected chi connectivity index (χ0v) is 15.7. The summed E-state index contributed by atoms with van der Waals surface area (Å²) in [5, 5.41) is 11.2. The molecule has 0 radical (unpaired) electrons. The van der Waals surface area contributed by atoms with Crippen LogP contribution in [-0.4, -0.2) is 68.6 Å². The lowest BCUT2D eigenvalue weighted by molar-refractivity contribution is 0.0900. The minimum atomic E-state index is 0.545. The Kier molecular flexibility index (Phi) is 7.33. The van der Waals surface area contributed by atoms with Gasteiger partial charge in [0.25, 0.3) is 0 Å². The second-order valence-corrected chi connectivity index (χ2v) is 7.37. The summed E-state index contributed by atoms with van der Waals surface area (Å²) >= 11 is 1.73. The lowest BCUT2D eigenvalue weighted by atomic mass is 10.0. The van der Waals surface area contributed by atoms with Gasteiger partial charge >= 0.3 is 0 Å². The Morgan fingerprint density at radius 3 is 2.57 bits per heavy atom. The summed E-state index contributed by atoms with van der Waals surface area (Å²) in [6.07, 6.45) is 0. The predicted octanol–water partition coefficient (Wildman–Crippen LogP) is 1.69. The van der Waals surface area contributed by atoms with Gasteiger partial charge in [0, 0.05) is 52.4 Å². The van der Waals surface area contributed by atoms with E-state index in [2.05, 4.69) is 63.1 Å². The van der Waals surface area contributed by atoms with Crippen molar-refractivity contribution >= 4 is 17.3 Å². The number of hydrogen-bond donors (Lipinski definition) is 2. The maximum atomic E-state index is 4.35. The van der Waals surface area contributed by atoms with E-state index in [-0.39, 0.29) is 0 Å². The smallest absolute Gasteiger partial charge is 0.191 e. The Hall–Kier alpha value is -1.11. The molecule has 5 nitrogen and oxygen atoms in total. The van der Waals surface area contributed by atoms with Crippen LogP contribution in [0, 0.1) is 5.92 Å². The topological polar surface area (TPSA) is 42.9 Å². The fraction of sp³-hybridized carbons (Fsp3) is 0.706. The van der Waals surface area contributed by atoms with Crippen molar-refractivity contribution in [3.05, 3.63) is 22.4 Å². The molecule has 0 spiro atoms. The second kappa shape index (κ2) is 9.25. The molecular weight excluding hydrogens is 306 g/mol. The molecule has 2 heterocycles. The Morgan fingerprint density at radius 2 is 2.00 bits per heavy atom. The molecule has 1 aromatic heterocycles. The van der Waals surface area contributed by atoms with Gasteiger partial charge in [-0.2, -0.15) is 11.3 Å². The molecule has 0 aliphatic carbocycles. The van der Waals surface area contributed by atoms with Crippen molar-refractivity contribution in [2.45, 2.75) is 26.4 Å². The molecule has 0 saturated carbocycles. The molecule has 1 saturated heterocycles. The summed E-state index contributed by atoms with van der Waals surface area (Å²) in [6, 6.07) is 2.69. The second-order valence-electron chi connectivity index (χ2n) is 6.59. The van der Waals surface area contributed by atoms with Gasteiger partial charge in [0.05, 0.1) is 0 Å². The number of thiophene rings is 1. The first-order chi connectivity index (χ1) is 11.1. The SMILES string of the molecule is CN=C(NCc1ccsc1)NCC(C(C)C)N1CCN(C)CC1. The molecule has 0 aromatic carbocycles. The zero-order valence-electron chi connectivity index (χ0n) is 14.9. The number of aliphatic imine (C=N–C) groups is 1. The van der Waals surface area contributed by atoms with Crippen LogP contribution < -0.4 is 10.6 Å². The van der Waals surface area contributed by atoms with Gasteiger partial charge in [-0.15, -0.1) is 0 Å². The Balaban J connectivity index is 1.82. The van der Waals surface area contributed by atoms with Crippen LogP contribution in [0.4, 0.5) is 0 Å². The van der Waals surface area contributed by atoms with Crippen molar-refractivity contribution in [3.8, 4) is 0 Å². The van der Waals surface area contributed by atoms with Crippen molar-refractivity contribution in [3.63, 3.8) is 0 Å². The van der Waals surface area contributed by atoms with Crippen molar-refractivity contribution in [1.82, 2.24) is 20.4 Å². The van der Waals surface area contributed by atoms with Crippen LogP contribution in [0.1, 0.15) is 19.4 Å². The summed E-state index contributed by atoms with van der Waals surface area (Å²) < 4.78 is 0. The number of likely N-dealkylation sites (N-methyl/N-ethyl adjacent to an activating group) is 1. The van der Waals surface area contributed by atoms with E-state index in [1.165, 1.54) is 5.56 Å². The van der Waals surface area contributed by atoms with Gasteiger partial charge in [-0.1, -0.05) is 13.8 Å². The zero-order chi connectivity index (χ0) is 16.7. The van der Waals surface area contributed by atoms with E-state index >= 15 is 0 Å². The van der Waals surface area contributed by atoms with Crippen molar-refractivity contribution < 1.29 is 0 Å². The highest BCUT2D eigenvalue weighted by Crippen LogP contribution is 2.13. The monoisotopic (exact) mass is 337 g/mol. The maximum absolute atomic E-state index is 4.35. The third-order valence-electron chi connectivity index (χ3n) is 4.52. The molecule has 23 heavy (non-hydrogen) atoms. The highest BCUT2D eigenvalue weighted by atomic mass is 32.1. The van der Waals surface area contributed by atoms with Gasteiger partial charge in [0.2, 0.25) is 0 Å². The summed E-state index contributed by atoms with van der Waals surface area (Å²) in [6.45, 7) is 11.0. The first-order valence-corrected chi connectivity index (χ1v) is 9.42. The third-order valence-corrected chi connectivity index (χ3v) is 5.25. The van der Waals surface area contributed by atoms with Crippen LogP contribution in [0.5, 0.6) is 0 Å². The van der Waals surface area contributed by atoms with Gasteiger partial charge in [-0.25, -0.2) is 0 Å². The number of nitrogens with one attached hydrogen (secondary N) is 2. The van der Waals surface area contributed by atoms with E-state index in [1.807, 2.05) is 7.05 Å². The summed E-state index contributed by atoms with van der Waals surface area (Å²) in [7, 11) is 4.04. The van der Waals surface area contributed by atoms with Crippen LogP contribution in [0.25, 0.3) is 0 Å². The molecule has 2 rings (SSSR count). The number of hydrogen-bond acceptors (Lipinski definition) is 4. The Morgan fingerprint density at radius 1 is 1.26 bits per heavy atom. The minimum absolute atomic E-state index is 0.545. The molecule has 1 unspecified atom stereocenters. The molecule has 1 fully saturated rings. The molecule has 1 aliphatic heterocycles. The first-order valence-electron chi connectivity index (χ1n) is 8.48. The lowest BCUT2D eigenvalue weighted by Crippen LogP contribution is -2.55. The molecule has 0 bridgehead atoms. The van der Waals surface area contributed by atoms with Crippen molar-refractivity contribution in [2.75, 3.05) is 46.8 Å². The van der Waals surface area contributed by atoms with E-state index in [9.17, 15) is 0 Å². The maximum Gasteiger partial charge on any atom is 0.191 e.